The van der Waals surface area contributed by atoms with Crippen LogP contribution in [0.3, 0.4) is 0 Å². The summed E-state index contributed by atoms with van der Waals surface area (Å²) < 4.78 is 6.61. The lowest BCUT2D eigenvalue weighted by Crippen LogP contribution is -2.54. The molecule has 0 radical (unpaired) electrons. The maximum absolute atomic E-state index is 13.0. The maximum atomic E-state index is 13.0. The van der Waals surface area contributed by atoms with Crippen molar-refractivity contribution in [3.63, 3.8) is 0 Å². The van der Waals surface area contributed by atoms with Gasteiger partial charge in [0.2, 0.25) is 0 Å². The Hall–Kier alpha value is -2.06. The van der Waals surface area contributed by atoms with Gasteiger partial charge in [-0.3, -0.25) is 19.8 Å². The third-order valence-corrected chi connectivity index (χ3v) is 5.67. The zero-order chi connectivity index (χ0) is 21.1. The summed E-state index contributed by atoms with van der Waals surface area (Å²) in [5.74, 6) is -1.75. The highest BCUT2D eigenvalue weighted by Gasteiger charge is 2.34. The van der Waals surface area contributed by atoms with Gasteiger partial charge in [-0.1, -0.05) is 18.2 Å². The number of hydrogen-bond donors (Lipinski definition) is 2. The van der Waals surface area contributed by atoms with Crippen molar-refractivity contribution in [3.8, 4) is 5.75 Å². The van der Waals surface area contributed by atoms with Crippen molar-refractivity contribution in [2.75, 3.05) is 11.5 Å². The second-order valence-corrected chi connectivity index (χ2v) is 8.50. The summed E-state index contributed by atoms with van der Waals surface area (Å²) in [6.07, 6.45) is 1.47. The molecule has 2 N–H and O–H groups in total. The number of nitrogens with one attached hydrogen (secondary N) is 1. The number of rotatable bonds is 5. The Morgan fingerprint density at radius 3 is 2.38 bits per heavy atom. The minimum absolute atomic E-state index is 0.0185. The smallest absolute Gasteiger partial charge is 0.341 e. The Balaban J connectivity index is 1.96. The molecule has 0 spiro atoms. The highest BCUT2D eigenvalue weighted by Crippen LogP contribution is 2.30. The van der Waals surface area contributed by atoms with Gasteiger partial charge in [0.15, 0.2) is 11.7 Å². The van der Waals surface area contributed by atoms with Crippen molar-refractivity contribution in [2.24, 2.45) is 0 Å². The van der Waals surface area contributed by atoms with Crippen LogP contribution in [0.25, 0.3) is 6.08 Å². The quantitative estimate of drug-likeness (QED) is 0.227. The number of anilines is 1. The molecule has 148 valence electrons. The van der Waals surface area contributed by atoms with Crippen LogP contribution in [0.2, 0.25) is 0 Å². The number of halogens is 2. The maximum Gasteiger partial charge on any atom is 0.341 e. The van der Waals surface area contributed by atoms with Gasteiger partial charge in [-0.2, -0.15) is 0 Å². The Bertz CT molecular complexity index is 1030. The first-order valence-electron chi connectivity index (χ1n) is 8.08. The van der Waals surface area contributed by atoms with Crippen LogP contribution in [-0.2, 0) is 14.4 Å². The number of amides is 2. The predicted molar refractivity (Wildman–Crippen MR) is 128 cm³/mol. The number of thiocarbonyl (C=S) groups is 1. The zero-order valence-electron chi connectivity index (χ0n) is 14.5. The van der Waals surface area contributed by atoms with Crippen LogP contribution in [0.5, 0.6) is 5.75 Å². The van der Waals surface area contributed by atoms with Gasteiger partial charge in [-0.15, -0.1) is 0 Å². The van der Waals surface area contributed by atoms with Gasteiger partial charge in [0.25, 0.3) is 11.8 Å². The van der Waals surface area contributed by atoms with Gasteiger partial charge < -0.3 is 9.84 Å². The number of hydrogen-bond acceptors (Lipinski definition) is 5. The fourth-order valence-electron chi connectivity index (χ4n) is 2.57. The van der Waals surface area contributed by atoms with E-state index in [1.54, 1.807) is 36.4 Å². The van der Waals surface area contributed by atoms with Crippen molar-refractivity contribution in [3.05, 3.63) is 60.7 Å². The summed E-state index contributed by atoms with van der Waals surface area (Å²) in [5, 5.41) is 11.3. The summed E-state index contributed by atoms with van der Waals surface area (Å²) in [7, 11) is 0. The minimum Gasteiger partial charge on any atom is -0.480 e. The van der Waals surface area contributed by atoms with Crippen molar-refractivity contribution >= 4 is 92.1 Å². The molecule has 1 aliphatic rings. The van der Waals surface area contributed by atoms with Crippen molar-refractivity contribution in [1.29, 1.82) is 0 Å². The van der Waals surface area contributed by atoms with Crippen molar-refractivity contribution < 1.29 is 24.2 Å². The molecule has 3 rings (SSSR count). The average molecular weight is 634 g/mol. The second-order valence-electron chi connectivity index (χ2n) is 5.79. The SMILES string of the molecule is O=C(O)COc1c(I)cc(/C=C2\C(=O)NC(=S)N(c3ccccc3)C2=O)cc1I. The predicted octanol–water partition coefficient (Wildman–Crippen LogP) is 3.19. The molecule has 10 heteroatoms. The molecule has 2 aromatic carbocycles. The number of ether oxygens (including phenoxy) is 1. The molecule has 29 heavy (non-hydrogen) atoms. The first-order chi connectivity index (χ1) is 13.8. The molecule has 0 unspecified atom stereocenters. The summed E-state index contributed by atoms with van der Waals surface area (Å²) in [4.78, 5) is 37.4. The second kappa shape index (κ2) is 9.17. The summed E-state index contributed by atoms with van der Waals surface area (Å²) in [6, 6.07) is 12.2. The lowest BCUT2D eigenvalue weighted by atomic mass is 10.1. The van der Waals surface area contributed by atoms with Gasteiger partial charge in [0, 0.05) is 0 Å². The molecule has 7 nitrogen and oxygen atoms in total. The molecule has 2 amide bonds. The van der Waals surface area contributed by atoms with E-state index in [0.717, 1.165) is 0 Å². The molecule has 0 aliphatic carbocycles. The molecule has 1 aliphatic heterocycles. The van der Waals surface area contributed by atoms with E-state index in [1.807, 2.05) is 51.2 Å². The van der Waals surface area contributed by atoms with Gasteiger partial charge in [-0.25, -0.2) is 4.79 Å². The number of aliphatic carboxylic acids is 1. The fraction of sp³-hybridized carbons (Fsp3) is 0.0526. The minimum atomic E-state index is -1.08. The summed E-state index contributed by atoms with van der Waals surface area (Å²) in [6.45, 7) is -0.461. The number of para-hydroxylation sites is 1. The van der Waals surface area contributed by atoms with Crippen LogP contribution in [0.15, 0.2) is 48.0 Å². The zero-order valence-corrected chi connectivity index (χ0v) is 19.6. The largest absolute Gasteiger partial charge is 0.480 e. The number of carboxylic acids is 1. The molecular formula is C19H12I2N2O5S. The van der Waals surface area contributed by atoms with E-state index in [4.69, 9.17) is 22.1 Å². The molecule has 1 saturated heterocycles. The molecule has 0 atom stereocenters. The fourth-order valence-corrected chi connectivity index (χ4v) is 4.98. The normalized spacial score (nSPS) is 15.4. The first-order valence-corrected chi connectivity index (χ1v) is 10.6. The average Bonchev–Trinajstić information content (AvgIpc) is 2.65. The topological polar surface area (TPSA) is 95.9 Å². The molecule has 0 bridgehead atoms. The Kier molecular flexibility index (Phi) is 6.85. The molecule has 2 aromatic rings. The van der Waals surface area contributed by atoms with Crippen LogP contribution < -0.4 is 15.0 Å². The Labute approximate surface area is 198 Å². The van der Waals surface area contributed by atoms with Crippen molar-refractivity contribution in [2.45, 2.75) is 0 Å². The number of carboxylic acid groups (broad SMARTS) is 1. The summed E-state index contributed by atoms with van der Waals surface area (Å²) >= 11 is 9.19. The molecule has 0 aromatic heterocycles. The Morgan fingerprint density at radius 1 is 1.17 bits per heavy atom. The monoisotopic (exact) mass is 634 g/mol. The first kappa shape index (κ1) is 21.6. The van der Waals surface area contributed by atoms with E-state index in [0.29, 0.717) is 24.1 Å². The van der Waals surface area contributed by atoms with E-state index < -0.39 is 24.4 Å². The number of benzene rings is 2. The molecule has 0 saturated carbocycles. The lowest BCUT2D eigenvalue weighted by Gasteiger charge is -2.28. The highest BCUT2D eigenvalue weighted by molar-refractivity contribution is 14.1. The molecule has 1 heterocycles. The van der Waals surface area contributed by atoms with E-state index in [-0.39, 0.29) is 10.7 Å². The van der Waals surface area contributed by atoms with E-state index in [9.17, 15) is 14.4 Å². The van der Waals surface area contributed by atoms with Crippen LogP contribution in [0.1, 0.15) is 5.56 Å². The van der Waals surface area contributed by atoms with Gasteiger partial charge in [0.05, 0.1) is 12.8 Å². The Morgan fingerprint density at radius 2 is 1.79 bits per heavy atom. The van der Waals surface area contributed by atoms with Crippen LogP contribution in [-0.4, -0.2) is 34.6 Å². The molecular weight excluding hydrogens is 622 g/mol. The summed E-state index contributed by atoms with van der Waals surface area (Å²) in [5.41, 5.74) is 1.09. The number of carbonyl (C=O) groups is 3. The third-order valence-electron chi connectivity index (χ3n) is 3.79. The van der Waals surface area contributed by atoms with Crippen molar-refractivity contribution in [1.82, 2.24) is 5.32 Å². The van der Waals surface area contributed by atoms with Gasteiger partial charge >= 0.3 is 5.97 Å². The highest BCUT2D eigenvalue weighted by atomic mass is 127. The van der Waals surface area contributed by atoms with Crippen LogP contribution in [0.4, 0.5) is 5.69 Å². The van der Waals surface area contributed by atoms with Crippen LogP contribution in [0, 0.1) is 7.14 Å². The number of carbonyl (C=O) groups excluding carboxylic acids is 2. The van der Waals surface area contributed by atoms with Gasteiger partial charge in [0.1, 0.15) is 11.3 Å². The lowest BCUT2D eigenvalue weighted by molar-refractivity contribution is -0.139. The third kappa shape index (κ3) is 4.93. The van der Waals surface area contributed by atoms with E-state index in [2.05, 4.69) is 5.32 Å². The standard InChI is InChI=1S/C19H12I2N2O5S/c20-13-7-10(8-14(21)16(13)28-9-15(24)25)6-12-17(26)22-19(29)23(18(12)27)11-4-2-1-3-5-11/h1-8H,9H2,(H,24,25)(H,22,26,29)/b12-6+. The number of nitrogens with zero attached hydrogens (tertiary/aromatic N) is 1. The van der Waals surface area contributed by atoms with Crippen LogP contribution >= 0.6 is 57.4 Å². The van der Waals surface area contributed by atoms with E-state index >= 15 is 0 Å². The van der Waals surface area contributed by atoms with E-state index in [1.165, 1.54) is 11.0 Å². The molecule has 1 fully saturated rings. The van der Waals surface area contributed by atoms with Gasteiger partial charge in [-0.05, 0) is 93.3 Å².